The van der Waals surface area contributed by atoms with Gasteiger partial charge in [0.1, 0.15) is 0 Å². The van der Waals surface area contributed by atoms with Gasteiger partial charge in [0, 0.05) is 6.20 Å². The van der Waals surface area contributed by atoms with Crippen molar-refractivity contribution < 1.29 is 4.79 Å². The van der Waals surface area contributed by atoms with Crippen LogP contribution >= 0.6 is 0 Å². The highest BCUT2D eigenvalue weighted by Gasteiger charge is 2.14. The second-order valence-electron chi connectivity index (χ2n) is 4.48. The molecule has 0 bridgehead atoms. The number of nitrogens with zero attached hydrogens (tertiary/aromatic N) is 1. The number of nitrogens with one attached hydrogen (secondary N) is 1. The Morgan fingerprint density at radius 1 is 1.50 bits per heavy atom. The van der Waals surface area contributed by atoms with E-state index in [0.717, 1.165) is 5.56 Å². The molecule has 1 unspecified atom stereocenters. The van der Waals surface area contributed by atoms with Crippen LogP contribution in [0, 0.1) is 12.8 Å². The maximum Gasteiger partial charge on any atom is 0.241 e. The lowest BCUT2D eigenvalue weighted by Crippen LogP contribution is -2.36. The van der Waals surface area contributed by atoms with Gasteiger partial charge in [-0.25, -0.2) is 0 Å². The molecule has 0 aliphatic heterocycles. The van der Waals surface area contributed by atoms with Gasteiger partial charge in [-0.2, -0.15) is 0 Å². The van der Waals surface area contributed by atoms with Gasteiger partial charge >= 0.3 is 0 Å². The van der Waals surface area contributed by atoms with E-state index in [9.17, 15) is 4.79 Å². The van der Waals surface area contributed by atoms with Crippen LogP contribution in [-0.4, -0.2) is 16.9 Å². The third-order valence-corrected chi connectivity index (χ3v) is 2.20. The van der Waals surface area contributed by atoms with Crippen molar-refractivity contribution in [2.24, 2.45) is 11.7 Å². The first-order valence-corrected chi connectivity index (χ1v) is 5.47. The third kappa shape index (κ3) is 3.98. The lowest BCUT2D eigenvalue weighted by molar-refractivity contribution is -0.117. The Morgan fingerprint density at radius 3 is 2.75 bits per heavy atom. The molecule has 1 amide bonds. The molecule has 1 aromatic rings. The Hall–Kier alpha value is -1.42. The van der Waals surface area contributed by atoms with E-state index in [4.69, 9.17) is 5.73 Å². The molecule has 1 rings (SSSR count). The van der Waals surface area contributed by atoms with E-state index in [0.29, 0.717) is 18.0 Å². The zero-order valence-corrected chi connectivity index (χ0v) is 10.0. The molecule has 0 saturated heterocycles. The van der Waals surface area contributed by atoms with Crippen LogP contribution in [0.4, 0.5) is 5.69 Å². The summed E-state index contributed by atoms with van der Waals surface area (Å²) >= 11 is 0. The molecule has 0 aromatic carbocycles. The molecule has 0 saturated carbocycles. The molecule has 0 spiro atoms. The van der Waals surface area contributed by atoms with Crippen LogP contribution in [0.5, 0.6) is 0 Å². The predicted octanol–water partition coefficient (Wildman–Crippen LogP) is 1.70. The number of aryl methyl sites for hydroxylation is 1. The largest absolute Gasteiger partial charge is 0.323 e. The number of nitrogens with two attached hydrogens (primary N) is 1. The smallest absolute Gasteiger partial charge is 0.241 e. The average molecular weight is 221 g/mol. The zero-order valence-electron chi connectivity index (χ0n) is 10.0. The van der Waals surface area contributed by atoms with Crippen molar-refractivity contribution in [3.8, 4) is 0 Å². The van der Waals surface area contributed by atoms with Gasteiger partial charge < -0.3 is 11.1 Å². The molecule has 0 radical (unpaired) electrons. The maximum absolute atomic E-state index is 11.7. The number of rotatable bonds is 4. The second-order valence-corrected chi connectivity index (χ2v) is 4.48. The summed E-state index contributed by atoms with van der Waals surface area (Å²) in [6, 6.07) is 1.41. The summed E-state index contributed by atoms with van der Waals surface area (Å²) in [5.74, 6) is 0.262. The van der Waals surface area contributed by atoms with Crippen LogP contribution in [0.1, 0.15) is 25.8 Å². The average Bonchev–Trinajstić information content (AvgIpc) is 2.16. The Bertz CT molecular complexity index is 363. The van der Waals surface area contributed by atoms with E-state index < -0.39 is 6.04 Å². The first kappa shape index (κ1) is 12.6. The van der Waals surface area contributed by atoms with Crippen LogP contribution in [0.2, 0.25) is 0 Å². The van der Waals surface area contributed by atoms with Gasteiger partial charge in [-0.05, 0) is 30.9 Å². The SMILES string of the molecule is Cc1cncc(NC(=O)C(N)CC(C)C)c1. The molecule has 1 aromatic heterocycles. The molecule has 0 fully saturated rings. The summed E-state index contributed by atoms with van der Waals surface area (Å²) in [6.45, 7) is 6.01. The summed E-state index contributed by atoms with van der Waals surface area (Å²) < 4.78 is 0. The van der Waals surface area contributed by atoms with Crippen LogP contribution < -0.4 is 11.1 Å². The second kappa shape index (κ2) is 5.61. The van der Waals surface area contributed by atoms with E-state index in [1.807, 2.05) is 26.8 Å². The van der Waals surface area contributed by atoms with Crippen LogP contribution in [0.25, 0.3) is 0 Å². The normalized spacial score (nSPS) is 12.6. The molecule has 3 N–H and O–H groups in total. The first-order chi connectivity index (χ1) is 7.49. The minimum atomic E-state index is -0.458. The fourth-order valence-electron chi connectivity index (χ4n) is 1.47. The number of amides is 1. The highest BCUT2D eigenvalue weighted by atomic mass is 16.2. The topological polar surface area (TPSA) is 68.0 Å². The molecule has 88 valence electrons. The Morgan fingerprint density at radius 2 is 2.19 bits per heavy atom. The van der Waals surface area contributed by atoms with Crippen LogP contribution in [0.15, 0.2) is 18.5 Å². The molecule has 4 heteroatoms. The molecular formula is C12H19N3O. The van der Waals surface area contributed by atoms with E-state index in [1.54, 1.807) is 12.4 Å². The van der Waals surface area contributed by atoms with Crippen molar-refractivity contribution in [1.29, 1.82) is 0 Å². The first-order valence-electron chi connectivity index (χ1n) is 5.47. The van der Waals surface area contributed by atoms with Gasteiger partial charge in [-0.15, -0.1) is 0 Å². The van der Waals surface area contributed by atoms with Crippen molar-refractivity contribution in [3.05, 3.63) is 24.0 Å². The fraction of sp³-hybridized carbons (Fsp3) is 0.500. The van der Waals surface area contributed by atoms with Gasteiger partial charge in [0.25, 0.3) is 0 Å². The maximum atomic E-state index is 11.7. The predicted molar refractivity (Wildman–Crippen MR) is 65.0 cm³/mol. The number of hydrogen-bond acceptors (Lipinski definition) is 3. The summed E-state index contributed by atoms with van der Waals surface area (Å²) in [5, 5.41) is 2.76. The van der Waals surface area contributed by atoms with Gasteiger partial charge in [0.2, 0.25) is 5.91 Å². The lowest BCUT2D eigenvalue weighted by atomic mass is 10.0. The Labute approximate surface area is 96.3 Å². The van der Waals surface area contributed by atoms with E-state index in [2.05, 4.69) is 10.3 Å². The molecule has 1 heterocycles. The number of carbonyl (C=O) groups excluding carboxylic acids is 1. The Balaban J connectivity index is 2.57. The summed E-state index contributed by atoms with van der Waals surface area (Å²) in [5.41, 5.74) is 7.48. The number of aromatic nitrogens is 1. The molecule has 16 heavy (non-hydrogen) atoms. The summed E-state index contributed by atoms with van der Waals surface area (Å²) in [4.78, 5) is 15.7. The number of carbonyl (C=O) groups is 1. The number of anilines is 1. The van der Waals surface area contributed by atoms with E-state index >= 15 is 0 Å². The third-order valence-electron chi connectivity index (χ3n) is 2.20. The van der Waals surface area contributed by atoms with Gasteiger partial charge in [-0.3, -0.25) is 9.78 Å². The summed E-state index contributed by atoms with van der Waals surface area (Å²) in [6.07, 6.45) is 4.04. The lowest BCUT2D eigenvalue weighted by Gasteiger charge is -2.14. The van der Waals surface area contributed by atoms with Crippen molar-refractivity contribution >= 4 is 11.6 Å². The zero-order chi connectivity index (χ0) is 12.1. The standard InChI is InChI=1S/C12H19N3O/c1-8(2)4-11(13)12(16)15-10-5-9(3)6-14-7-10/h5-8,11H,4,13H2,1-3H3,(H,15,16). The van der Waals surface area contributed by atoms with Crippen LogP contribution in [-0.2, 0) is 4.79 Å². The quantitative estimate of drug-likeness (QED) is 0.813. The monoisotopic (exact) mass is 221 g/mol. The molecule has 0 aliphatic rings. The van der Waals surface area contributed by atoms with Gasteiger partial charge in [-0.1, -0.05) is 13.8 Å². The van der Waals surface area contributed by atoms with Gasteiger partial charge in [0.05, 0.1) is 17.9 Å². The fourth-order valence-corrected chi connectivity index (χ4v) is 1.47. The van der Waals surface area contributed by atoms with E-state index in [-0.39, 0.29) is 5.91 Å². The van der Waals surface area contributed by atoms with Crippen LogP contribution in [0.3, 0.4) is 0 Å². The molecule has 4 nitrogen and oxygen atoms in total. The number of pyridine rings is 1. The molecule has 0 aliphatic carbocycles. The minimum Gasteiger partial charge on any atom is -0.323 e. The summed E-state index contributed by atoms with van der Waals surface area (Å²) in [7, 11) is 0. The van der Waals surface area contributed by atoms with Crippen molar-refractivity contribution in [2.75, 3.05) is 5.32 Å². The minimum absolute atomic E-state index is 0.152. The Kier molecular flexibility index (Phi) is 4.43. The highest BCUT2D eigenvalue weighted by molar-refractivity contribution is 5.94. The van der Waals surface area contributed by atoms with Crippen molar-refractivity contribution in [1.82, 2.24) is 4.98 Å². The van der Waals surface area contributed by atoms with Crippen molar-refractivity contribution in [2.45, 2.75) is 33.2 Å². The number of hydrogen-bond donors (Lipinski definition) is 2. The molecule has 1 atom stereocenters. The van der Waals surface area contributed by atoms with Gasteiger partial charge in [0.15, 0.2) is 0 Å². The molecular weight excluding hydrogens is 202 g/mol. The van der Waals surface area contributed by atoms with E-state index in [1.165, 1.54) is 0 Å². The highest BCUT2D eigenvalue weighted by Crippen LogP contribution is 2.09. The van der Waals surface area contributed by atoms with Crippen molar-refractivity contribution in [3.63, 3.8) is 0 Å².